The van der Waals surface area contributed by atoms with Gasteiger partial charge in [0.15, 0.2) is 0 Å². The minimum atomic E-state index is -1.08. The van der Waals surface area contributed by atoms with Gasteiger partial charge in [-0.1, -0.05) is 36.9 Å². The largest absolute Gasteiger partial charge is 0.477 e. The average Bonchev–Trinajstić information content (AvgIpc) is 3.07. The minimum absolute atomic E-state index is 0.183. The van der Waals surface area contributed by atoms with Gasteiger partial charge in [0.1, 0.15) is 17.3 Å². The van der Waals surface area contributed by atoms with E-state index in [4.69, 9.17) is 9.72 Å². The summed E-state index contributed by atoms with van der Waals surface area (Å²) in [4.78, 5) is 23.9. The monoisotopic (exact) mass is 634 g/mol. The number of ether oxygens (including phenoxy) is 1. The van der Waals surface area contributed by atoms with E-state index in [0.29, 0.717) is 69.4 Å². The number of aryl methyl sites for hydroxylation is 1. The number of hydrogen-bond donors (Lipinski definition) is 0. The third-order valence-corrected chi connectivity index (χ3v) is 10.3. The molecule has 3 aliphatic rings. The van der Waals surface area contributed by atoms with E-state index < -0.39 is 5.67 Å². The van der Waals surface area contributed by atoms with Crippen molar-refractivity contribution in [1.82, 2.24) is 9.88 Å². The summed E-state index contributed by atoms with van der Waals surface area (Å²) in [6, 6.07) is 17.1. The second-order valence-corrected chi connectivity index (χ2v) is 13.5. The molecule has 6 rings (SSSR count). The van der Waals surface area contributed by atoms with E-state index in [2.05, 4.69) is 71.8 Å². The maximum atomic E-state index is 14.4. The van der Waals surface area contributed by atoms with Crippen LogP contribution in [0.15, 0.2) is 49.1 Å². The summed E-state index contributed by atoms with van der Waals surface area (Å²) in [5.74, 6) is 0.515. The Morgan fingerprint density at radius 2 is 1.91 bits per heavy atom. The molecular formula is C38H43FN6O2. The van der Waals surface area contributed by atoms with Gasteiger partial charge >= 0.3 is 0 Å². The quantitative estimate of drug-likeness (QED) is 0.252. The summed E-state index contributed by atoms with van der Waals surface area (Å²) in [7, 11) is 0. The molecule has 2 fully saturated rings. The van der Waals surface area contributed by atoms with E-state index in [1.807, 2.05) is 0 Å². The number of fused-ring (bicyclic) bond motifs is 2. The van der Waals surface area contributed by atoms with Crippen molar-refractivity contribution < 1.29 is 13.9 Å². The van der Waals surface area contributed by atoms with Gasteiger partial charge in [-0.05, 0) is 81.4 Å². The molecule has 0 radical (unpaired) electrons. The molecule has 8 nitrogen and oxygen atoms in total. The Balaban J connectivity index is 1.35. The average molecular weight is 635 g/mol. The lowest BCUT2D eigenvalue weighted by Gasteiger charge is -2.43. The van der Waals surface area contributed by atoms with Gasteiger partial charge in [-0.25, -0.2) is 9.37 Å². The van der Waals surface area contributed by atoms with Gasteiger partial charge in [0.05, 0.1) is 43.1 Å². The van der Waals surface area contributed by atoms with Crippen molar-refractivity contribution in [2.75, 3.05) is 42.6 Å². The number of pyridine rings is 1. The lowest BCUT2D eigenvalue weighted by Crippen LogP contribution is -2.55. The number of nitriles is 2. The molecule has 2 aromatic carbocycles. The number of benzene rings is 2. The molecule has 9 heteroatoms. The van der Waals surface area contributed by atoms with E-state index in [-0.39, 0.29) is 18.4 Å². The Bertz CT molecular complexity index is 1740. The van der Waals surface area contributed by atoms with Gasteiger partial charge < -0.3 is 19.4 Å². The van der Waals surface area contributed by atoms with Crippen molar-refractivity contribution >= 4 is 28.1 Å². The summed E-state index contributed by atoms with van der Waals surface area (Å²) in [6.07, 6.45) is 5.74. The zero-order valence-electron chi connectivity index (χ0n) is 27.5. The number of halogens is 1. The first-order chi connectivity index (χ1) is 22.7. The van der Waals surface area contributed by atoms with Crippen LogP contribution in [-0.2, 0) is 17.8 Å². The molecule has 1 saturated carbocycles. The van der Waals surface area contributed by atoms with Crippen molar-refractivity contribution in [2.45, 2.75) is 77.0 Å². The fourth-order valence-electron chi connectivity index (χ4n) is 7.70. The molecule has 0 N–H and O–H groups in total. The topological polar surface area (TPSA) is 96.5 Å². The fraction of sp³-hybridized carbons (Fsp3) is 0.474. The lowest BCUT2D eigenvalue weighted by atomic mass is 9.80. The first-order valence-corrected chi connectivity index (χ1v) is 16.8. The fourth-order valence-corrected chi connectivity index (χ4v) is 7.70. The van der Waals surface area contributed by atoms with Gasteiger partial charge in [-0.2, -0.15) is 10.5 Å². The highest BCUT2D eigenvalue weighted by atomic mass is 19.1. The van der Waals surface area contributed by atoms with Crippen LogP contribution in [0.1, 0.15) is 67.8 Å². The number of hydrogen-bond acceptors (Lipinski definition) is 7. The summed E-state index contributed by atoms with van der Waals surface area (Å²) in [5, 5.41) is 22.6. The van der Waals surface area contributed by atoms with Gasteiger partial charge in [-0.15, -0.1) is 0 Å². The van der Waals surface area contributed by atoms with E-state index in [0.717, 1.165) is 48.4 Å². The normalized spacial score (nSPS) is 22.7. The van der Waals surface area contributed by atoms with Gasteiger partial charge in [0, 0.05) is 42.8 Å². The van der Waals surface area contributed by atoms with Crippen LogP contribution >= 0.6 is 0 Å². The summed E-state index contributed by atoms with van der Waals surface area (Å²) in [5.41, 5.74) is 4.39. The molecule has 0 spiro atoms. The van der Waals surface area contributed by atoms with Crippen molar-refractivity contribution in [1.29, 1.82) is 10.5 Å². The highest BCUT2D eigenvalue weighted by Gasteiger charge is 2.35. The predicted molar refractivity (Wildman–Crippen MR) is 182 cm³/mol. The molecule has 2 aliphatic heterocycles. The van der Waals surface area contributed by atoms with Gasteiger partial charge in [-0.3, -0.25) is 4.79 Å². The molecule has 0 unspecified atom stereocenters. The number of carbonyl (C=O) groups is 1. The van der Waals surface area contributed by atoms with Crippen LogP contribution in [0.3, 0.4) is 0 Å². The number of piperazine rings is 1. The number of aromatic nitrogens is 1. The number of amides is 1. The SMILES string of the molecule is C=CC(=O)N1CCN(c2c(C#N)c(OCCC3CCC(C)(F)CC3)nc3c2CCN(c2cccc4cccc(C)c24)C3)C[C@@H]1CC#N. The van der Waals surface area contributed by atoms with Crippen LogP contribution < -0.4 is 14.5 Å². The molecule has 1 aliphatic carbocycles. The summed E-state index contributed by atoms with van der Waals surface area (Å²) >= 11 is 0. The molecule has 1 saturated heterocycles. The summed E-state index contributed by atoms with van der Waals surface area (Å²) < 4.78 is 20.8. The molecular weight excluding hydrogens is 591 g/mol. The Labute approximate surface area is 277 Å². The molecule has 0 bridgehead atoms. The maximum Gasteiger partial charge on any atom is 0.246 e. The Kier molecular flexibility index (Phi) is 9.36. The molecule has 3 heterocycles. The van der Waals surface area contributed by atoms with E-state index in [9.17, 15) is 19.7 Å². The molecule has 1 atom stereocenters. The van der Waals surface area contributed by atoms with Gasteiger partial charge in [0.25, 0.3) is 0 Å². The van der Waals surface area contributed by atoms with Crippen molar-refractivity contribution in [3.05, 3.63) is 71.4 Å². The van der Waals surface area contributed by atoms with Crippen molar-refractivity contribution in [3.8, 4) is 18.0 Å². The lowest BCUT2D eigenvalue weighted by molar-refractivity contribution is -0.128. The van der Waals surface area contributed by atoms with Crippen LogP contribution in [0.5, 0.6) is 5.88 Å². The molecule has 3 aromatic rings. The number of anilines is 2. The smallest absolute Gasteiger partial charge is 0.246 e. The Morgan fingerprint density at radius 1 is 1.15 bits per heavy atom. The minimum Gasteiger partial charge on any atom is -0.477 e. The first kappa shape index (κ1) is 32.3. The Hall–Kier alpha value is -4.63. The first-order valence-electron chi connectivity index (χ1n) is 16.8. The molecule has 1 aromatic heterocycles. The molecule has 1 amide bonds. The predicted octanol–water partition coefficient (Wildman–Crippen LogP) is 6.78. The van der Waals surface area contributed by atoms with Crippen LogP contribution in [0, 0.1) is 35.5 Å². The van der Waals surface area contributed by atoms with Crippen LogP contribution in [0.25, 0.3) is 10.8 Å². The third kappa shape index (κ3) is 6.63. The number of alkyl halides is 1. The van der Waals surface area contributed by atoms with Crippen LogP contribution in [0.4, 0.5) is 15.8 Å². The maximum absolute atomic E-state index is 14.4. The number of nitrogens with zero attached hydrogens (tertiary/aromatic N) is 6. The van der Waals surface area contributed by atoms with Crippen LogP contribution in [-0.4, -0.2) is 60.3 Å². The highest BCUT2D eigenvalue weighted by molar-refractivity contribution is 5.97. The zero-order valence-corrected chi connectivity index (χ0v) is 27.5. The van der Waals surface area contributed by atoms with E-state index >= 15 is 0 Å². The van der Waals surface area contributed by atoms with Crippen molar-refractivity contribution in [3.63, 3.8) is 0 Å². The standard InChI is InChI=1S/C38H43FN6O2/c1-4-34(46)45-21-20-44(24-29(45)13-18-40)36-30-14-19-43(33-10-6-9-28-8-5-7-26(2)35(28)33)25-32(30)42-37(31(36)23-41)47-22-15-27-11-16-38(3,39)17-12-27/h4-10,27,29H,1,11-17,19-22,24-25H2,2-3H3/t27?,29-,38?/m0/s1. The highest BCUT2D eigenvalue weighted by Crippen LogP contribution is 2.41. The molecule has 244 valence electrons. The van der Waals surface area contributed by atoms with E-state index in [1.54, 1.807) is 11.8 Å². The Morgan fingerprint density at radius 3 is 2.64 bits per heavy atom. The molecule has 47 heavy (non-hydrogen) atoms. The second-order valence-electron chi connectivity index (χ2n) is 13.5. The summed E-state index contributed by atoms with van der Waals surface area (Å²) in [6.45, 7) is 10.6. The second kappa shape index (κ2) is 13.6. The van der Waals surface area contributed by atoms with Crippen molar-refractivity contribution in [2.24, 2.45) is 5.92 Å². The van der Waals surface area contributed by atoms with Crippen LogP contribution in [0.2, 0.25) is 0 Å². The number of carbonyl (C=O) groups excluding carboxylic acids is 1. The number of rotatable bonds is 8. The van der Waals surface area contributed by atoms with Gasteiger partial charge in [0.2, 0.25) is 11.8 Å². The zero-order chi connectivity index (χ0) is 33.1. The van der Waals surface area contributed by atoms with E-state index in [1.165, 1.54) is 22.4 Å². The third-order valence-electron chi connectivity index (χ3n) is 10.3.